The maximum absolute atomic E-state index is 6.01. The Bertz CT molecular complexity index is 740. The van der Waals surface area contributed by atoms with Gasteiger partial charge >= 0.3 is 0 Å². The van der Waals surface area contributed by atoms with Gasteiger partial charge in [-0.1, -0.05) is 22.0 Å². The molecular formula is C12H12BrN5. The van der Waals surface area contributed by atoms with E-state index >= 15 is 0 Å². The van der Waals surface area contributed by atoms with E-state index in [-0.39, 0.29) is 0 Å². The van der Waals surface area contributed by atoms with Gasteiger partial charge in [0.25, 0.3) is 0 Å². The highest BCUT2D eigenvalue weighted by Crippen LogP contribution is 2.26. The van der Waals surface area contributed by atoms with E-state index in [2.05, 4.69) is 26.0 Å². The number of anilines is 1. The first-order chi connectivity index (χ1) is 8.58. The van der Waals surface area contributed by atoms with Gasteiger partial charge in [0.1, 0.15) is 5.52 Å². The van der Waals surface area contributed by atoms with Gasteiger partial charge in [-0.25, -0.2) is 9.67 Å². The molecule has 5 nitrogen and oxygen atoms in total. The number of rotatable bonds is 1. The topological polar surface area (TPSA) is 61.7 Å². The number of imidazole rings is 1. The molecule has 3 aromatic rings. The maximum atomic E-state index is 6.01. The fourth-order valence-electron chi connectivity index (χ4n) is 2.16. The van der Waals surface area contributed by atoms with Crippen LogP contribution in [-0.4, -0.2) is 19.3 Å². The second kappa shape index (κ2) is 3.84. The van der Waals surface area contributed by atoms with E-state index in [4.69, 9.17) is 5.73 Å². The second-order valence-corrected chi connectivity index (χ2v) is 5.08. The monoisotopic (exact) mass is 305 g/mol. The molecule has 6 heteroatoms. The molecular weight excluding hydrogens is 294 g/mol. The first kappa shape index (κ1) is 11.3. The van der Waals surface area contributed by atoms with Crippen molar-refractivity contribution in [2.75, 3.05) is 5.73 Å². The van der Waals surface area contributed by atoms with Crippen LogP contribution >= 0.6 is 15.9 Å². The van der Waals surface area contributed by atoms with E-state index in [0.29, 0.717) is 5.95 Å². The molecule has 18 heavy (non-hydrogen) atoms. The van der Waals surface area contributed by atoms with Crippen LogP contribution in [0.25, 0.3) is 16.9 Å². The third-order valence-electron chi connectivity index (χ3n) is 2.89. The Labute approximate surface area is 112 Å². The summed E-state index contributed by atoms with van der Waals surface area (Å²) in [6.07, 6.45) is 0. The van der Waals surface area contributed by atoms with E-state index in [0.717, 1.165) is 27.0 Å². The molecule has 0 aliphatic heterocycles. The number of hydrogen-bond donors (Lipinski definition) is 1. The molecule has 0 bridgehead atoms. The molecule has 3 rings (SSSR count). The Hall–Kier alpha value is -1.82. The smallest absolute Gasteiger partial charge is 0.207 e. The van der Waals surface area contributed by atoms with E-state index < -0.39 is 0 Å². The van der Waals surface area contributed by atoms with Gasteiger partial charge in [-0.05, 0) is 25.1 Å². The Morgan fingerprint density at radius 2 is 2.11 bits per heavy atom. The SMILES string of the molecule is Cc1nn(C)c2c1nc(N)n2-c1cccc(Br)c1. The lowest BCUT2D eigenvalue weighted by molar-refractivity contribution is 0.762. The second-order valence-electron chi connectivity index (χ2n) is 4.17. The molecule has 1 aromatic carbocycles. The number of nitrogens with zero attached hydrogens (tertiary/aromatic N) is 4. The predicted molar refractivity (Wildman–Crippen MR) is 74.7 cm³/mol. The first-order valence-electron chi connectivity index (χ1n) is 5.51. The van der Waals surface area contributed by atoms with Crippen molar-refractivity contribution in [2.24, 2.45) is 7.05 Å². The zero-order valence-electron chi connectivity index (χ0n) is 10.1. The Kier molecular flexibility index (Phi) is 2.41. The van der Waals surface area contributed by atoms with Gasteiger partial charge in [-0.3, -0.25) is 4.57 Å². The number of benzene rings is 1. The molecule has 0 saturated carbocycles. The number of aromatic nitrogens is 4. The lowest BCUT2D eigenvalue weighted by Crippen LogP contribution is -2.04. The van der Waals surface area contributed by atoms with Crippen molar-refractivity contribution in [3.8, 4) is 5.69 Å². The molecule has 0 radical (unpaired) electrons. The highest BCUT2D eigenvalue weighted by molar-refractivity contribution is 9.10. The van der Waals surface area contributed by atoms with Crippen molar-refractivity contribution in [2.45, 2.75) is 6.92 Å². The number of halogens is 1. The van der Waals surface area contributed by atoms with Crippen LogP contribution in [0.15, 0.2) is 28.7 Å². The first-order valence-corrected chi connectivity index (χ1v) is 6.30. The molecule has 0 saturated heterocycles. The Morgan fingerprint density at radius 1 is 1.33 bits per heavy atom. The van der Waals surface area contributed by atoms with Gasteiger partial charge in [-0.15, -0.1) is 0 Å². The zero-order valence-corrected chi connectivity index (χ0v) is 11.6. The van der Waals surface area contributed by atoms with Gasteiger partial charge in [0.15, 0.2) is 5.65 Å². The summed E-state index contributed by atoms with van der Waals surface area (Å²) in [6.45, 7) is 1.93. The molecule has 0 spiro atoms. The quantitative estimate of drug-likeness (QED) is 0.751. The lowest BCUT2D eigenvalue weighted by Gasteiger charge is -2.07. The number of nitrogens with two attached hydrogens (primary N) is 1. The third-order valence-corrected chi connectivity index (χ3v) is 3.39. The van der Waals surface area contributed by atoms with Crippen molar-refractivity contribution in [1.82, 2.24) is 19.3 Å². The van der Waals surface area contributed by atoms with Crippen molar-refractivity contribution in [3.63, 3.8) is 0 Å². The fourth-order valence-corrected chi connectivity index (χ4v) is 2.55. The molecule has 0 fully saturated rings. The van der Waals surface area contributed by atoms with E-state index in [1.165, 1.54) is 0 Å². The summed E-state index contributed by atoms with van der Waals surface area (Å²) in [4.78, 5) is 4.38. The molecule has 0 atom stereocenters. The minimum Gasteiger partial charge on any atom is -0.369 e. The number of nitrogen functional groups attached to an aromatic ring is 1. The molecule has 92 valence electrons. The van der Waals surface area contributed by atoms with E-state index in [9.17, 15) is 0 Å². The van der Waals surface area contributed by atoms with Crippen LogP contribution in [0.2, 0.25) is 0 Å². The van der Waals surface area contributed by atoms with Crippen molar-refractivity contribution in [1.29, 1.82) is 0 Å². The Morgan fingerprint density at radius 3 is 2.83 bits per heavy atom. The summed E-state index contributed by atoms with van der Waals surface area (Å²) < 4.78 is 4.70. The average Bonchev–Trinajstić information content (AvgIpc) is 2.78. The van der Waals surface area contributed by atoms with Crippen molar-refractivity contribution in [3.05, 3.63) is 34.4 Å². The van der Waals surface area contributed by atoms with Gasteiger partial charge in [0.2, 0.25) is 5.95 Å². The summed E-state index contributed by atoms with van der Waals surface area (Å²) in [7, 11) is 1.89. The maximum Gasteiger partial charge on any atom is 0.207 e. The minimum atomic E-state index is 0.471. The number of hydrogen-bond acceptors (Lipinski definition) is 3. The molecule has 2 aromatic heterocycles. The van der Waals surface area contributed by atoms with Gasteiger partial charge in [0.05, 0.1) is 11.4 Å². The largest absolute Gasteiger partial charge is 0.369 e. The Balaban J connectivity index is 2.38. The molecule has 2 heterocycles. The average molecular weight is 306 g/mol. The normalized spacial score (nSPS) is 11.3. The standard InChI is InChI=1S/C12H12BrN5/c1-7-10-11(17(2)16-7)18(12(14)15-10)9-5-3-4-8(13)6-9/h3-6H,1-2H3,(H2,14,15). The summed E-state index contributed by atoms with van der Waals surface area (Å²) in [6, 6.07) is 7.93. The van der Waals surface area contributed by atoms with E-state index in [1.807, 2.05) is 42.8 Å². The van der Waals surface area contributed by atoms with Crippen LogP contribution in [0, 0.1) is 6.92 Å². The molecule has 0 amide bonds. The highest BCUT2D eigenvalue weighted by atomic mass is 79.9. The zero-order chi connectivity index (χ0) is 12.9. The van der Waals surface area contributed by atoms with Crippen LogP contribution in [0.1, 0.15) is 5.69 Å². The van der Waals surface area contributed by atoms with Gasteiger partial charge in [0, 0.05) is 11.5 Å². The fraction of sp³-hybridized carbons (Fsp3) is 0.167. The minimum absolute atomic E-state index is 0.471. The van der Waals surface area contributed by atoms with Crippen LogP contribution in [0.3, 0.4) is 0 Å². The van der Waals surface area contributed by atoms with Crippen LogP contribution < -0.4 is 5.73 Å². The van der Waals surface area contributed by atoms with Gasteiger partial charge < -0.3 is 5.73 Å². The summed E-state index contributed by atoms with van der Waals surface area (Å²) in [5, 5.41) is 4.37. The van der Waals surface area contributed by atoms with E-state index in [1.54, 1.807) is 4.68 Å². The lowest BCUT2D eigenvalue weighted by atomic mass is 10.3. The van der Waals surface area contributed by atoms with Crippen molar-refractivity contribution >= 4 is 33.0 Å². The summed E-state index contributed by atoms with van der Waals surface area (Å²) in [5.41, 5.74) is 9.61. The van der Waals surface area contributed by atoms with Crippen LogP contribution in [0.4, 0.5) is 5.95 Å². The summed E-state index contributed by atoms with van der Waals surface area (Å²) in [5.74, 6) is 0.471. The van der Waals surface area contributed by atoms with Crippen LogP contribution in [0.5, 0.6) is 0 Å². The molecule has 0 unspecified atom stereocenters. The third kappa shape index (κ3) is 1.53. The summed E-state index contributed by atoms with van der Waals surface area (Å²) >= 11 is 3.46. The van der Waals surface area contributed by atoms with Crippen LogP contribution in [-0.2, 0) is 7.05 Å². The van der Waals surface area contributed by atoms with Gasteiger partial charge in [-0.2, -0.15) is 5.10 Å². The highest BCUT2D eigenvalue weighted by Gasteiger charge is 2.16. The number of fused-ring (bicyclic) bond motifs is 1. The molecule has 2 N–H and O–H groups in total. The molecule has 0 aliphatic carbocycles. The van der Waals surface area contributed by atoms with Crippen molar-refractivity contribution < 1.29 is 0 Å². The molecule has 0 aliphatic rings. The predicted octanol–water partition coefficient (Wildman–Crippen LogP) is 2.41. The number of aryl methyl sites for hydroxylation is 2.